The van der Waals surface area contributed by atoms with E-state index in [1.54, 1.807) is 0 Å². The van der Waals surface area contributed by atoms with Crippen molar-refractivity contribution in [2.45, 2.75) is 18.8 Å². The van der Waals surface area contributed by atoms with Crippen LogP contribution in [0.4, 0.5) is 8.78 Å². The van der Waals surface area contributed by atoms with Crippen LogP contribution in [0.1, 0.15) is 11.7 Å². The molecule has 0 aliphatic carbocycles. The molecule has 8 heteroatoms. The fourth-order valence-electron chi connectivity index (χ4n) is 1.32. The number of aliphatic hydroxyl groups is 2. The number of hydrogen-bond donors (Lipinski definition) is 2. The number of halogens is 2. The lowest BCUT2D eigenvalue weighted by Crippen LogP contribution is -2.21. The van der Waals surface area contributed by atoms with E-state index in [1.165, 1.54) is 24.3 Å². The predicted octanol–water partition coefficient (Wildman–Crippen LogP) is 1.99. The minimum absolute atomic E-state index is 0.127. The van der Waals surface area contributed by atoms with Gasteiger partial charge in [-0.05, 0) is 23.2 Å². The van der Waals surface area contributed by atoms with E-state index in [1.807, 2.05) is 0 Å². The fraction of sp³-hybridized carbons (Fsp3) is 0.400. The Labute approximate surface area is 101 Å². The number of nitrogens with zero attached hydrogens (tertiary/aromatic N) is 3. The first-order chi connectivity index (χ1) is 8.54. The van der Waals surface area contributed by atoms with E-state index in [0.717, 1.165) is 0 Å². The molecule has 98 valence electrons. The molecule has 1 rings (SSSR count). The van der Waals surface area contributed by atoms with Gasteiger partial charge in [0.05, 0.1) is 12.6 Å². The van der Waals surface area contributed by atoms with Gasteiger partial charge in [-0.1, -0.05) is 17.2 Å². The molecule has 18 heavy (non-hydrogen) atoms. The lowest BCUT2D eigenvalue weighted by Gasteiger charge is -2.17. The zero-order valence-corrected chi connectivity index (χ0v) is 9.15. The first kappa shape index (κ1) is 14.2. The summed E-state index contributed by atoms with van der Waals surface area (Å²) in [5.41, 5.74) is 8.26. The predicted molar refractivity (Wildman–Crippen MR) is 58.1 cm³/mol. The van der Waals surface area contributed by atoms with Crippen molar-refractivity contribution in [3.05, 3.63) is 40.3 Å². The van der Waals surface area contributed by atoms with Crippen LogP contribution < -0.4 is 4.74 Å². The minimum Gasteiger partial charge on any atom is -0.435 e. The van der Waals surface area contributed by atoms with E-state index in [4.69, 9.17) is 5.53 Å². The molecule has 0 aromatic heterocycles. The van der Waals surface area contributed by atoms with Crippen molar-refractivity contribution in [2.75, 3.05) is 6.54 Å². The maximum Gasteiger partial charge on any atom is 0.387 e. The standard InChI is InChI=1S/C10H11F2N3O3/c11-10(12)18-7-3-1-2-6(4-7)9(17)8(16)5-14-15-13/h1-4,8-10,16-17H,5H2. The average molecular weight is 259 g/mol. The molecule has 2 unspecified atom stereocenters. The van der Waals surface area contributed by atoms with Crippen LogP contribution >= 0.6 is 0 Å². The van der Waals surface area contributed by atoms with Crippen molar-refractivity contribution >= 4 is 0 Å². The lowest BCUT2D eigenvalue weighted by molar-refractivity contribution is -0.0501. The lowest BCUT2D eigenvalue weighted by atomic mass is 10.0. The fourth-order valence-corrected chi connectivity index (χ4v) is 1.32. The molecule has 0 bridgehead atoms. The van der Waals surface area contributed by atoms with E-state index in [0.29, 0.717) is 0 Å². The second kappa shape index (κ2) is 6.75. The maximum atomic E-state index is 12.0. The Balaban J connectivity index is 2.78. The molecule has 2 atom stereocenters. The van der Waals surface area contributed by atoms with Gasteiger partial charge in [-0.3, -0.25) is 0 Å². The van der Waals surface area contributed by atoms with Crippen LogP contribution in [0, 0.1) is 0 Å². The Morgan fingerprint density at radius 2 is 2.11 bits per heavy atom. The summed E-state index contributed by atoms with van der Waals surface area (Å²) < 4.78 is 28.1. The summed E-state index contributed by atoms with van der Waals surface area (Å²) >= 11 is 0. The molecule has 0 aliphatic heterocycles. The van der Waals surface area contributed by atoms with Gasteiger partial charge in [0.2, 0.25) is 0 Å². The molecule has 0 saturated heterocycles. The summed E-state index contributed by atoms with van der Waals surface area (Å²) in [6.45, 7) is -3.29. The molecule has 0 amide bonds. The molecule has 0 radical (unpaired) electrons. The third-order valence-corrected chi connectivity index (χ3v) is 2.12. The molecule has 0 spiro atoms. The smallest absolute Gasteiger partial charge is 0.387 e. The molecular formula is C10H11F2N3O3. The summed E-state index contributed by atoms with van der Waals surface area (Å²) in [6, 6.07) is 5.30. The highest BCUT2D eigenvalue weighted by Gasteiger charge is 2.18. The van der Waals surface area contributed by atoms with Crippen molar-refractivity contribution in [1.82, 2.24) is 0 Å². The van der Waals surface area contributed by atoms with Crippen LogP contribution in [-0.2, 0) is 0 Å². The second-order valence-corrected chi connectivity index (χ2v) is 3.38. The molecule has 6 nitrogen and oxygen atoms in total. The average Bonchev–Trinajstić information content (AvgIpc) is 2.34. The van der Waals surface area contributed by atoms with Gasteiger partial charge in [0, 0.05) is 4.91 Å². The molecule has 1 aromatic rings. The summed E-state index contributed by atoms with van der Waals surface area (Å²) in [7, 11) is 0. The van der Waals surface area contributed by atoms with Crippen molar-refractivity contribution in [3.8, 4) is 5.75 Å². The van der Waals surface area contributed by atoms with Gasteiger partial charge in [0.15, 0.2) is 0 Å². The summed E-state index contributed by atoms with van der Waals surface area (Å²) in [6.07, 6.45) is -2.67. The van der Waals surface area contributed by atoms with Crippen molar-refractivity contribution in [1.29, 1.82) is 0 Å². The first-order valence-electron chi connectivity index (χ1n) is 4.96. The Morgan fingerprint density at radius 3 is 2.72 bits per heavy atom. The Hall–Kier alpha value is -1.89. The van der Waals surface area contributed by atoms with E-state index < -0.39 is 18.8 Å². The second-order valence-electron chi connectivity index (χ2n) is 3.38. The highest BCUT2D eigenvalue weighted by molar-refractivity contribution is 5.30. The van der Waals surface area contributed by atoms with Crippen LogP contribution in [0.5, 0.6) is 5.75 Å². The topological polar surface area (TPSA) is 98.5 Å². The number of benzene rings is 1. The third kappa shape index (κ3) is 4.17. The van der Waals surface area contributed by atoms with Gasteiger partial charge >= 0.3 is 6.61 Å². The molecule has 0 aliphatic rings. The van der Waals surface area contributed by atoms with E-state index >= 15 is 0 Å². The summed E-state index contributed by atoms with van der Waals surface area (Å²) in [5.74, 6) is -0.127. The monoisotopic (exact) mass is 259 g/mol. The van der Waals surface area contributed by atoms with Crippen LogP contribution in [0.25, 0.3) is 10.4 Å². The van der Waals surface area contributed by atoms with Gasteiger partial charge in [-0.25, -0.2) is 0 Å². The minimum atomic E-state index is -2.97. The number of ether oxygens (including phenoxy) is 1. The van der Waals surface area contributed by atoms with Gasteiger partial charge in [-0.15, -0.1) is 0 Å². The number of hydrogen-bond acceptors (Lipinski definition) is 4. The van der Waals surface area contributed by atoms with E-state index in [2.05, 4.69) is 14.8 Å². The van der Waals surface area contributed by atoms with Crippen molar-refractivity contribution < 1.29 is 23.7 Å². The summed E-state index contributed by atoms with van der Waals surface area (Å²) in [4.78, 5) is 2.44. The number of alkyl halides is 2. The summed E-state index contributed by atoms with van der Waals surface area (Å²) in [5, 5.41) is 22.3. The largest absolute Gasteiger partial charge is 0.435 e. The molecule has 2 N–H and O–H groups in total. The zero-order valence-electron chi connectivity index (χ0n) is 9.15. The normalized spacial score (nSPS) is 13.8. The quantitative estimate of drug-likeness (QED) is 0.464. The van der Waals surface area contributed by atoms with E-state index in [-0.39, 0.29) is 17.9 Å². The van der Waals surface area contributed by atoms with Crippen LogP contribution in [0.15, 0.2) is 29.4 Å². The van der Waals surface area contributed by atoms with Gasteiger partial charge in [-0.2, -0.15) is 8.78 Å². The molecular weight excluding hydrogens is 248 g/mol. The van der Waals surface area contributed by atoms with Crippen LogP contribution in [0.3, 0.4) is 0 Å². The molecule has 0 saturated carbocycles. The molecule has 1 aromatic carbocycles. The maximum absolute atomic E-state index is 12.0. The third-order valence-electron chi connectivity index (χ3n) is 2.12. The number of aliphatic hydroxyl groups excluding tert-OH is 2. The highest BCUT2D eigenvalue weighted by atomic mass is 19.3. The van der Waals surface area contributed by atoms with Crippen LogP contribution in [-0.4, -0.2) is 29.5 Å². The van der Waals surface area contributed by atoms with Gasteiger partial charge in [0.1, 0.15) is 11.9 Å². The van der Waals surface area contributed by atoms with Crippen molar-refractivity contribution in [3.63, 3.8) is 0 Å². The molecule has 0 fully saturated rings. The Kier molecular flexibility index (Phi) is 5.31. The zero-order chi connectivity index (χ0) is 13.5. The van der Waals surface area contributed by atoms with E-state index in [9.17, 15) is 19.0 Å². The van der Waals surface area contributed by atoms with Crippen molar-refractivity contribution in [2.24, 2.45) is 5.11 Å². The Bertz CT molecular complexity index is 438. The van der Waals surface area contributed by atoms with Gasteiger partial charge < -0.3 is 14.9 Å². The number of azide groups is 1. The molecule has 0 heterocycles. The number of rotatable bonds is 6. The van der Waals surface area contributed by atoms with Gasteiger partial charge in [0.25, 0.3) is 0 Å². The van der Waals surface area contributed by atoms with Crippen LogP contribution in [0.2, 0.25) is 0 Å². The first-order valence-corrected chi connectivity index (χ1v) is 4.96. The highest BCUT2D eigenvalue weighted by Crippen LogP contribution is 2.23. The Morgan fingerprint density at radius 1 is 1.39 bits per heavy atom. The SMILES string of the molecule is [N-]=[N+]=NCC(O)C(O)c1cccc(OC(F)F)c1.